The lowest BCUT2D eigenvalue weighted by atomic mass is 10.3. The van der Waals surface area contributed by atoms with Crippen molar-refractivity contribution >= 4 is 33.3 Å². The lowest BCUT2D eigenvalue weighted by molar-refractivity contribution is -0.114. The van der Waals surface area contributed by atoms with E-state index in [1.807, 2.05) is 0 Å². The highest BCUT2D eigenvalue weighted by atomic mass is 79.9. The van der Waals surface area contributed by atoms with Crippen LogP contribution in [0.4, 0.5) is 5.69 Å². The van der Waals surface area contributed by atoms with Crippen LogP contribution < -0.4 is 4.90 Å². The van der Waals surface area contributed by atoms with Crippen LogP contribution in [0.3, 0.4) is 0 Å². The Hall–Kier alpha value is -1.23. The number of carbonyl (C=O) groups excluding carboxylic acids is 2. The molecule has 1 aliphatic heterocycles. The first-order valence-electron chi connectivity index (χ1n) is 3.60. The first-order valence-corrected chi connectivity index (χ1v) is 4.39. The van der Waals surface area contributed by atoms with Crippen LogP contribution in [0.15, 0.2) is 16.7 Å². The molecule has 0 saturated heterocycles. The van der Waals surface area contributed by atoms with Crippen LogP contribution in [0, 0.1) is 0 Å². The van der Waals surface area contributed by atoms with Gasteiger partial charge in [-0.15, -0.1) is 0 Å². The predicted molar refractivity (Wildman–Crippen MR) is 49.7 cm³/mol. The van der Waals surface area contributed by atoms with Crippen molar-refractivity contribution in [3.05, 3.63) is 22.4 Å². The Kier molecular flexibility index (Phi) is 1.69. The zero-order valence-corrected chi connectivity index (χ0v) is 8.33. The van der Waals surface area contributed by atoms with Crippen LogP contribution in [-0.2, 0) is 4.79 Å². The lowest BCUT2D eigenvalue weighted by Crippen LogP contribution is -2.24. The Labute approximate surface area is 82.7 Å². The monoisotopic (exact) mass is 240 g/mol. The first-order chi connectivity index (χ1) is 6.11. The molecule has 0 aromatic carbocycles. The van der Waals surface area contributed by atoms with Gasteiger partial charge in [-0.1, -0.05) is 0 Å². The Morgan fingerprint density at radius 1 is 1.38 bits per heavy atom. The van der Waals surface area contributed by atoms with Crippen LogP contribution in [0.5, 0.6) is 0 Å². The number of pyridine rings is 1. The maximum atomic E-state index is 11.3. The van der Waals surface area contributed by atoms with Gasteiger partial charge in [-0.05, 0) is 28.1 Å². The normalized spacial score (nSPS) is 15.1. The molecule has 1 aromatic rings. The van der Waals surface area contributed by atoms with E-state index in [4.69, 9.17) is 0 Å². The zero-order valence-electron chi connectivity index (χ0n) is 6.74. The fraction of sp³-hybridized carbons (Fsp3) is 0.125. The van der Waals surface area contributed by atoms with Gasteiger partial charge in [0, 0.05) is 7.05 Å². The molecule has 0 atom stereocenters. The lowest BCUT2D eigenvalue weighted by Gasteiger charge is -2.06. The largest absolute Gasteiger partial charge is 0.306 e. The fourth-order valence-corrected chi connectivity index (χ4v) is 1.54. The summed E-state index contributed by atoms with van der Waals surface area (Å²) in [5, 5.41) is 0. The van der Waals surface area contributed by atoms with Crippen LogP contribution in [0.2, 0.25) is 0 Å². The van der Waals surface area contributed by atoms with E-state index in [1.54, 1.807) is 19.2 Å². The van der Waals surface area contributed by atoms with Gasteiger partial charge in [-0.2, -0.15) is 0 Å². The van der Waals surface area contributed by atoms with E-state index in [2.05, 4.69) is 20.9 Å². The number of hydrogen-bond acceptors (Lipinski definition) is 3. The van der Waals surface area contributed by atoms with Gasteiger partial charge in [-0.25, -0.2) is 4.98 Å². The van der Waals surface area contributed by atoms with Gasteiger partial charge in [0.2, 0.25) is 0 Å². The topological polar surface area (TPSA) is 50.3 Å². The van der Waals surface area contributed by atoms with Crippen molar-refractivity contribution in [1.82, 2.24) is 4.98 Å². The minimum atomic E-state index is -0.543. The minimum Gasteiger partial charge on any atom is -0.306 e. The number of fused-ring (bicyclic) bond motifs is 1. The molecule has 0 spiro atoms. The van der Waals surface area contributed by atoms with Gasteiger partial charge < -0.3 is 4.90 Å². The van der Waals surface area contributed by atoms with Crippen LogP contribution in [0.25, 0.3) is 0 Å². The van der Waals surface area contributed by atoms with E-state index in [9.17, 15) is 9.59 Å². The number of anilines is 1. The molecule has 0 saturated carbocycles. The van der Waals surface area contributed by atoms with E-state index in [0.29, 0.717) is 10.3 Å². The number of Topliss-reactive ketones (excluding diaryl/α,β-unsaturated/α-hetero) is 1. The summed E-state index contributed by atoms with van der Waals surface area (Å²) in [7, 11) is 1.56. The molecule has 2 rings (SSSR count). The molecule has 0 N–H and O–H groups in total. The number of amides is 1. The number of hydrogen-bond donors (Lipinski definition) is 0. The maximum absolute atomic E-state index is 11.3. The molecule has 5 heteroatoms. The van der Waals surface area contributed by atoms with Gasteiger partial charge >= 0.3 is 5.91 Å². The van der Waals surface area contributed by atoms with Crippen molar-refractivity contribution in [2.24, 2.45) is 0 Å². The Balaban J connectivity index is 2.67. The van der Waals surface area contributed by atoms with E-state index < -0.39 is 11.7 Å². The molecule has 1 aromatic heterocycles. The molecule has 1 amide bonds. The van der Waals surface area contributed by atoms with Crippen LogP contribution >= 0.6 is 15.9 Å². The molecule has 0 unspecified atom stereocenters. The first kappa shape index (κ1) is 8.37. The summed E-state index contributed by atoms with van der Waals surface area (Å²) in [4.78, 5) is 27.7. The minimum absolute atomic E-state index is 0.224. The third-order valence-corrected chi connectivity index (χ3v) is 2.36. The molecule has 1 aliphatic rings. The summed E-state index contributed by atoms with van der Waals surface area (Å²) in [5.41, 5.74) is 0.792. The molecule has 4 nitrogen and oxygen atoms in total. The summed E-state index contributed by atoms with van der Waals surface area (Å²) in [6, 6.07) is 3.39. The number of ketones is 1. The number of nitrogens with zero attached hydrogens (tertiary/aromatic N) is 2. The van der Waals surface area contributed by atoms with Gasteiger partial charge in [0.1, 0.15) is 10.3 Å². The molecule has 0 fully saturated rings. The van der Waals surface area contributed by atoms with Crippen molar-refractivity contribution in [2.75, 3.05) is 11.9 Å². The Morgan fingerprint density at radius 2 is 2.08 bits per heavy atom. The van der Waals surface area contributed by atoms with E-state index >= 15 is 0 Å². The standard InChI is InChI=1S/C8H5BrN2O2/c1-11-4-2-3-5(9)10-6(4)7(12)8(11)13/h2-3H,1H3. The van der Waals surface area contributed by atoms with Crippen molar-refractivity contribution < 1.29 is 9.59 Å². The second-order valence-electron chi connectivity index (χ2n) is 2.70. The predicted octanol–water partition coefficient (Wildman–Crippen LogP) is 1.00. The average molecular weight is 241 g/mol. The zero-order chi connectivity index (χ0) is 9.59. The SMILES string of the molecule is CN1C(=O)C(=O)c2nc(Br)ccc21. The molecule has 13 heavy (non-hydrogen) atoms. The fourth-order valence-electron chi connectivity index (χ4n) is 1.23. The van der Waals surface area contributed by atoms with Gasteiger partial charge in [0.25, 0.3) is 5.78 Å². The third-order valence-electron chi connectivity index (χ3n) is 1.92. The summed E-state index contributed by atoms with van der Waals surface area (Å²) in [6.45, 7) is 0. The van der Waals surface area contributed by atoms with Crippen LogP contribution in [0.1, 0.15) is 10.5 Å². The summed E-state index contributed by atoms with van der Waals surface area (Å²) >= 11 is 3.14. The number of halogens is 1. The van der Waals surface area contributed by atoms with Crippen molar-refractivity contribution in [3.8, 4) is 0 Å². The Bertz CT molecular complexity index is 417. The molecular formula is C8H5BrN2O2. The van der Waals surface area contributed by atoms with Crippen molar-refractivity contribution in [1.29, 1.82) is 0 Å². The molecule has 2 heterocycles. The third kappa shape index (κ3) is 1.07. The van der Waals surface area contributed by atoms with Crippen LogP contribution in [-0.4, -0.2) is 23.7 Å². The molecular weight excluding hydrogens is 236 g/mol. The highest BCUT2D eigenvalue weighted by Crippen LogP contribution is 2.26. The highest BCUT2D eigenvalue weighted by Gasteiger charge is 2.34. The number of aromatic nitrogens is 1. The second kappa shape index (κ2) is 2.63. The maximum Gasteiger partial charge on any atom is 0.300 e. The summed E-state index contributed by atoms with van der Waals surface area (Å²) in [6.07, 6.45) is 0. The average Bonchev–Trinajstić information content (AvgIpc) is 2.32. The number of likely N-dealkylation sites (N-methyl/N-ethyl adjacent to an activating group) is 1. The Morgan fingerprint density at radius 3 is 2.77 bits per heavy atom. The second-order valence-corrected chi connectivity index (χ2v) is 3.51. The molecule has 0 bridgehead atoms. The molecule has 0 radical (unpaired) electrons. The molecule has 66 valence electrons. The molecule has 0 aliphatic carbocycles. The van der Waals surface area contributed by atoms with Gasteiger partial charge in [0.15, 0.2) is 0 Å². The van der Waals surface area contributed by atoms with Gasteiger partial charge in [-0.3, -0.25) is 9.59 Å². The van der Waals surface area contributed by atoms with Crippen molar-refractivity contribution in [2.45, 2.75) is 0 Å². The number of carbonyl (C=O) groups is 2. The smallest absolute Gasteiger partial charge is 0.300 e. The highest BCUT2D eigenvalue weighted by molar-refractivity contribution is 9.10. The van der Waals surface area contributed by atoms with E-state index in [0.717, 1.165) is 0 Å². The quantitative estimate of drug-likeness (QED) is 0.503. The summed E-state index contributed by atoms with van der Waals surface area (Å²) in [5.74, 6) is -1.07. The van der Waals surface area contributed by atoms with E-state index in [-0.39, 0.29) is 5.69 Å². The van der Waals surface area contributed by atoms with E-state index in [1.165, 1.54) is 4.90 Å². The van der Waals surface area contributed by atoms with Crippen molar-refractivity contribution in [3.63, 3.8) is 0 Å². The number of rotatable bonds is 0. The van der Waals surface area contributed by atoms with Gasteiger partial charge in [0.05, 0.1) is 5.69 Å². The summed E-state index contributed by atoms with van der Waals surface area (Å²) < 4.78 is 0.558.